The molecule has 0 spiro atoms. The van der Waals surface area contributed by atoms with Crippen LogP contribution >= 0.6 is 0 Å². The molecule has 1 aliphatic rings. The standard InChI is InChI=1S/C14H23N3/c1-11-8-16-6-4-13(11)10-17-7-5-14(15-3)12(2)9-17/h4,6,8,12,14-15H,5,7,9-10H2,1-3H3. The maximum atomic E-state index is 4.15. The fraction of sp³-hybridized carbons (Fsp3) is 0.643. The van der Waals surface area contributed by atoms with Gasteiger partial charge >= 0.3 is 0 Å². The van der Waals surface area contributed by atoms with Crippen molar-refractivity contribution in [3.8, 4) is 0 Å². The molecular formula is C14H23N3. The van der Waals surface area contributed by atoms with Crippen molar-refractivity contribution in [2.75, 3.05) is 20.1 Å². The second-order valence-corrected chi connectivity index (χ2v) is 5.20. The van der Waals surface area contributed by atoms with Crippen LogP contribution in [0.2, 0.25) is 0 Å². The first-order valence-corrected chi connectivity index (χ1v) is 6.50. The third kappa shape index (κ3) is 3.05. The highest BCUT2D eigenvalue weighted by atomic mass is 15.1. The number of hydrogen-bond acceptors (Lipinski definition) is 3. The summed E-state index contributed by atoms with van der Waals surface area (Å²) in [5.74, 6) is 0.732. The monoisotopic (exact) mass is 233 g/mol. The highest BCUT2D eigenvalue weighted by molar-refractivity contribution is 5.21. The molecule has 3 nitrogen and oxygen atoms in total. The van der Waals surface area contributed by atoms with Crippen LogP contribution in [-0.4, -0.2) is 36.1 Å². The normalized spacial score (nSPS) is 26.1. The number of nitrogens with zero attached hydrogens (tertiary/aromatic N) is 2. The van der Waals surface area contributed by atoms with Gasteiger partial charge in [-0.3, -0.25) is 9.88 Å². The quantitative estimate of drug-likeness (QED) is 0.863. The van der Waals surface area contributed by atoms with Crippen molar-refractivity contribution < 1.29 is 0 Å². The Hall–Kier alpha value is -0.930. The molecule has 0 radical (unpaired) electrons. The van der Waals surface area contributed by atoms with Crippen molar-refractivity contribution in [2.45, 2.75) is 32.9 Å². The maximum Gasteiger partial charge on any atom is 0.0300 e. The summed E-state index contributed by atoms with van der Waals surface area (Å²) in [6.07, 6.45) is 5.10. The van der Waals surface area contributed by atoms with Gasteiger partial charge in [-0.15, -0.1) is 0 Å². The SMILES string of the molecule is CNC1CCN(Cc2ccncc2C)CC1C. The maximum absolute atomic E-state index is 4.15. The summed E-state index contributed by atoms with van der Waals surface area (Å²) < 4.78 is 0. The molecule has 1 N–H and O–H groups in total. The van der Waals surface area contributed by atoms with E-state index in [0.29, 0.717) is 6.04 Å². The third-order valence-corrected chi connectivity index (χ3v) is 3.89. The van der Waals surface area contributed by atoms with Gasteiger partial charge in [0.25, 0.3) is 0 Å². The number of aromatic nitrogens is 1. The first kappa shape index (κ1) is 12.5. The Morgan fingerprint density at radius 2 is 2.35 bits per heavy atom. The van der Waals surface area contributed by atoms with Crippen LogP contribution in [-0.2, 0) is 6.54 Å². The van der Waals surface area contributed by atoms with Gasteiger partial charge in [0.1, 0.15) is 0 Å². The summed E-state index contributed by atoms with van der Waals surface area (Å²) in [5, 5.41) is 3.41. The van der Waals surface area contributed by atoms with E-state index in [0.717, 1.165) is 12.5 Å². The van der Waals surface area contributed by atoms with E-state index >= 15 is 0 Å². The zero-order chi connectivity index (χ0) is 12.3. The second kappa shape index (κ2) is 5.61. The average molecular weight is 233 g/mol. The zero-order valence-corrected chi connectivity index (χ0v) is 11.1. The van der Waals surface area contributed by atoms with Crippen LogP contribution in [0.25, 0.3) is 0 Å². The minimum Gasteiger partial charge on any atom is -0.317 e. The van der Waals surface area contributed by atoms with Crippen molar-refractivity contribution >= 4 is 0 Å². The molecule has 0 aromatic carbocycles. The molecule has 0 saturated carbocycles. The molecular weight excluding hydrogens is 210 g/mol. The number of aryl methyl sites for hydroxylation is 1. The van der Waals surface area contributed by atoms with Gasteiger partial charge in [0.2, 0.25) is 0 Å². The van der Waals surface area contributed by atoms with Crippen LogP contribution in [0.5, 0.6) is 0 Å². The largest absolute Gasteiger partial charge is 0.317 e. The van der Waals surface area contributed by atoms with Gasteiger partial charge in [-0.1, -0.05) is 6.92 Å². The fourth-order valence-electron chi connectivity index (χ4n) is 2.72. The van der Waals surface area contributed by atoms with Crippen molar-refractivity contribution in [2.24, 2.45) is 5.92 Å². The van der Waals surface area contributed by atoms with Gasteiger partial charge in [-0.05, 0) is 50.0 Å². The molecule has 2 atom stereocenters. The molecule has 94 valence electrons. The summed E-state index contributed by atoms with van der Waals surface area (Å²) in [5.41, 5.74) is 2.71. The Labute approximate surface area is 104 Å². The Bertz CT molecular complexity index is 364. The van der Waals surface area contributed by atoms with E-state index in [-0.39, 0.29) is 0 Å². The zero-order valence-electron chi connectivity index (χ0n) is 11.1. The highest BCUT2D eigenvalue weighted by Gasteiger charge is 2.24. The Morgan fingerprint density at radius 1 is 1.53 bits per heavy atom. The van der Waals surface area contributed by atoms with E-state index in [1.807, 2.05) is 12.4 Å². The number of hydrogen-bond donors (Lipinski definition) is 1. The van der Waals surface area contributed by atoms with E-state index < -0.39 is 0 Å². The van der Waals surface area contributed by atoms with Gasteiger partial charge in [-0.25, -0.2) is 0 Å². The molecule has 2 rings (SSSR count). The molecule has 0 bridgehead atoms. The fourth-order valence-corrected chi connectivity index (χ4v) is 2.72. The molecule has 0 amide bonds. The molecule has 1 aliphatic heterocycles. The predicted octanol–water partition coefficient (Wildman–Crippen LogP) is 1.82. The van der Waals surface area contributed by atoms with Crippen molar-refractivity contribution in [1.29, 1.82) is 0 Å². The summed E-state index contributed by atoms with van der Waals surface area (Å²) in [7, 11) is 2.07. The van der Waals surface area contributed by atoms with E-state index in [2.05, 4.69) is 42.2 Å². The van der Waals surface area contributed by atoms with Crippen LogP contribution in [0, 0.1) is 12.8 Å². The second-order valence-electron chi connectivity index (χ2n) is 5.20. The minimum absolute atomic E-state index is 0.685. The van der Waals surface area contributed by atoms with Crippen molar-refractivity contribution in [1.82, 2.24) is 15.2 Å². The van der Waals surface area contributed by atoms with Gasteiger partial charge in [0, 0.05) is 31.5 Å². The molecule has 2 unspecified atom stereocenters. The van der Waals surface area contributed by atoms with E-state index in [9.17, 15) is 0 Å². The molecule has 17 heavy (non-hydrogen) atoms. The minimum atomic E-state index is 0.685. The number of rotatable bonds is 3. The lowest BCUT2D eigenvalue weighted by molar-refractivity contribution is 0.145. The lowest BCUT2D eigenvalue weighted by atomic mass is 9.93. The van der Waals surface area contributed by atoms with E-state index in [4.69, 9.17) is 0 Å². The Morgan fingerprint density at radius 3 is 3.00 bits per heavy atom. The first-order chi connectivity index (χ1) is 8.20. The molecule has 2 heterocycles. The number of pyridine rings is 1. The molecule has 3 heteroatoms. The summed E-state index contributed by atoms with van der Waals surface area (Å²) >= 11 is 0. The average Bonchev–Trinajstić information content (AvgIpc) is 2.32. The smallest absolute Gasteiger partial charge is 0.0300 e. The lowest BCUT2D eigenvalue weighted by Crippen LogP contribution is -2.46. The lowest BCUT2D eigenvalue weighted by Gasteiger charge is -2.37. The Kier molecular flexibility index (Phi) is 4.13. The summed E-state index contributed by atoms with van der Waals surface area (Å²) in [6, 6.07) is 2.83. The Balaban J connectivity index is 1.95. The molecule has 0 aliphatic carbocycles. The van der Waals surface area contributed by atoms with Crippen molar-refractivity contribution in [3.05, 3.63) is 29.6 Å². The number of piperidine rings is 1. The molecule has 1 saturated heterocycles. The predicted molar refractivity (Wildman–Crippen MR) is 70.9 cm³/mol. The van der Waals surface area contributed by atoms with E-state index in [1.54, 1.807) is 0 Å². The number of nitrogens with one attached hydrogen (secondary N) is 1. The van der Waals surface area contributed by atoms with Crippen molar-refractivity contribution in [3.63, 3.8) is 0 Å². The van der Waals surface area contributed by atoms with Crippen LogP contribution < -0.4 is 5.32 Å². The molecule has 1 fully saturated rings. The van der Waals surface area contributed by atoms with Crippen LogP contribution in [0.4, 0.5) is 0 Å². The van der Waals surface area contributed by atoms with Gasteiger partial charge in [0.05, 0.1) is 0 Å². The number of likely N-dealkylation sites (tertiary alicyclic amines) is 1. The topological polar surface area (TPSA) is 28.2 Å². The van der Waals surface area contributed by atoms with Gasteiger partial charge < -0.3 is 5.32 Å². The summed E-state index contributed by atoms with van der Waals surface area (Å²) in [4.78, 5) is 6.71. The first-order valence-electron chi connectivity index (χ1n) is 6.50. The van der Waals surface area contributed by atoms with E-state index in [1.165, 1.54) is 30.6 Å². The highest BCUT2D eigenvalue weighted by Crippen LogP contribution is 2.19. The van der Waals surface area contributed by atoms with Crippen LogP contribution in [0.15, 0.2) is 18.5 Å². The van der Waals surface area contributed by atoms with Gasteiger partial charge in [0.15, 0.2) is 0 Å². The molecule has 1 aromatic heterocycles. The van der Waals surface area contributed by atoms with Gasteiger partial charge in [-0.2, -0.15) is 0 Å². The van der Waals surface area contributed by atoms with Crippen LogP contribution in [0.3, 0.4) is 0 Å². The molecule has 1 aromatic rings. The summed E-state index contributed by atoms with van der Waals surface area (Å²) in [6.45, 7) is 7.93. The third-order valence-electron chi connectivity index (χ3n) is 3.89. The van der Waals surface area contributed by atoms with Crippen LogP contribution in [0.1, 0.15) is 24.5 Å².